The monoisotopic (exact) mass is 471 g/mol. The smallest absolute Gasteiger partial charge is 0.337 e. The fourth-order valence-corrected chi connectivity index (χ4v) is 6.63. The van der Waals surface area contributed by atoms with Gasteiger partial charge in [-0.05, 0) is 79.0 Å². The van der Waals surface area contributed by atoms with E-state index in [2.05, 4.69) is 4.72 Å². The maximum Gasteiger partial charge on any atom is 0.337 e. The van der Waals surface area contributed by atoms with Gasteiger partial charge in [-0.25, -0.2) is 13.2 Å². The summed E-state index contributed by atoms with van der Waals surface area (Å²) in [6, 6.07) is 7.42. The van der Waals surface area contributed by atoms with Crippen LogP contribution in [0.3, 0.4) is 0 Å². The average Bonchev–Trinajstić information content (AvgIpc) is 3.65. The number of nitrogens with one attached hydrogen (secondary N) is 1. The number of rotatable bonds is 5. The van der Waals surface area contributed by atoms with Crippen LogP contribution in [0.4, 0.5) is 5.69 Å². The van der Waals surface area contributed by atoms with E-state index in [0.717, 1.165) is 42.4 Å². The fraction of sp³-hybridized carbons (Fsp3) is 0.480. The highest BCUT2D eigenvalue weighted by Gasteiger charge is 2.41. The number of sulfonamides is 1. The summed E-state index contributed by atoms with van der Waals surface area (Å²) in [5.74, 6) is -0.260. The van der Waals surface area contributed by atoms with Gasteiger partial charge in [-0.2, -0.15) is 0 Å². The number of aliphatic carboxylic acids is 1. The Labute approximate surface area is 194 Å². The van der Waals surface area contributed by atoms with E-state index in [4.69, 9.17) is 9.47 Å². The molecule has 2 N–H and O–H groups in total. The zero-order valence-corrected chi connectivity index (χ0v) is 18.6. The first-order valence-electron chi connectivity index (χ1n) is 11.2. The minimum absolute atomic E-state index is 0. The molecule has 2 saturated carbocycles. The number of benzene rings is 2. The summed E-state index contributed by atoms with van der Waals surface area (Å²) in [5.41, 5.74) is 5.05. The summed E-state index contributed by atoms with van der Waals surface area (Å²) >= 11 is 0. The van der Waals surface area contributed by atoms with Crippen molar-refractivity contribution in [2.24, 2.45) is 0 Å². The maximum atomic E-state index is 13.4. The van der Waals surface area contributed by atoms with Gasteiger partial charge in [0.15, 0.2) is 6.10 Å². The van der Waals surface area contributed by atoms with Gasteiger partial charge >= 0.3 is 5.97 Å². The molecular formula is C25H29NO6S. The normalized spacial score (nSPS) is 23.0. The molecule has 0 spiro atoms. The Bertz CT molecular complexity index is 1250. The van der Waals surface area contributed by atoms with E-state index in [1.807, 2.05) is 25.1 Å². The van der Waals surface area contributed by atoms with Gasteiger partial charge in [0, 0.05) is 17.5 Å². The number of fused-ring (bicyclic) bond motifs is 4. The lowest BCUT2D eigenvalue weighted by atomic mass is 9.84. The lowest BCUT2D eigenvalue weighted by Crippen LogP contribution is -2.26. The third kappa shape index (κ3) is 3.69. The van der Waals surface area contributed by atoms with Crippen molar-refractivity contribution in [2.45, 2.75) is 69.8 Å². The molecule has 0 aromatic heterocycles. The molecule has 6 rings (SSSR count). The summed E-state index contributed by atoms with van der Waals surface area (Å²) in [6.07, 6.45) is 2.86. The van der Waals surface area contributed by atoms with Gasteiger partial charge in [0.05, 0.1) is 18.4 Å². The van der Waals surface area contributed by atoms with Crippen LogP contribution in [0.15, 0.2) is 24.3 Å². The minimum atomic E-state index is -3.70. The Morgan fingerprint density at radius 1 is 1.18 bits per heavy atom. The quantitative estimate of drug-likeness (QED) is 0.632. The highest BCUT2D eigenvalue weighted by Crippen LogP contribution is 2.54. The van der Waals surface area contributed by atoms with Crippen molar-refractivity contribution in [3.05, 3.63) is 46.5 Å². The Morgan fingerprint density at radius 2 is 1.94 bits per heavy atom. The Hall–Kier alpha value is -2.58. The maximum absolute atomic E-state index is 13.4. The molecule has 2 aliphatic carbocycles. The Balaban J connectivity index is 0.00000228. The SMILES string of the molecule is C.Cc1cc2c(C3CC3)c(c1C(OC1CC1)C(=O)O)-c1ccc3c(c1)C(CCO3)S(=O)(=O)N2. The molecule has 2 aromatic rings. The van der Waals surface area contributed by atoms with Crippen molar-refractivity contribution >= 4 is 21.7 Å². The largest absolute Gasteiger partial charge is 0.493 e. The molecule has 0 saturated heterocycles. The summed E-state index contributed by atoms with van der Waals surface area (Å²) in [6.45, 7) is 2.18. The Morgan fingerprint density at radius 3 is 2.61 bits per heavy atom. The second kappa shape index (κ2) is 7.74. The second-order valence-corrected chi connectivity index (χ2v) is 11.2. The number of aryl methyl sites for hydroxylation is 1. The van der Waals surface area contributed by atoms with Crippen LogP contribution in [0.1, 0.15) is 79.1 Å². The highest BCUT2D eigenvalue weighted by atomic mass is 32.2. The summed E-state index contributed by atoms with van der Waals surface area (Å²) in [7, 11) is -3.70. The lowest BCUT2D eigenvalue weighted by Gasteiger charge is -2.26. The molecule has 2 aromatic carbocycles. The topological polar surface area (TPSA) is 102 Å². The summed E-state index contributed by atoms with van der Waals surface area (Å²) < 4.78 is 41.5. The molecule has 2 fully saturated rings. The van der Waals surface area contributed by atoms with Gasteiger partial charge < -0.3 is 14.6 Å². The van der Waals surface area contributed by atoms with Crippen LogP contribution < -0.4 is 9.46 Å². The zero-order chi connectivity index (χ0) is 22.2. The third-order valence-electron chi connectivity index (χ3n) is 6.85. The van der Waals surface area contributed by atoms with E-state index in [-0.39, 0.29) is 19.4 Å². The molecule has 7 nitrogen and oxygen atoms in total. The zero-order valence-electron chi connectivity index (χ0n) is 17.8. The van der Waals surface area contributed by atoms with E-state index in [0.29, 0.717) is 41.2 Å². The first-order valence-corrected chi connectivity index (χ1v) is 12.7. The van der Waals surface area contributed by atoms with Crippen LogP contribution in [-0.2, 0) is 19.6 Å². The van der Waals surface area contributed by atoms with E-state index in [1.165, 1.54) is 0 Å². The van der Waals surface area contributed by atoms with Gasteiger partial charge in [-0.15, -0.1) is 0 Å². The highest BCUT2D eigenvalue weighted by molar-refractivity contribution is 7.93. The number of carboxylic acid groups (broad SMARTS) is 1. The molecule has 2 aliphatic heterocycles. The van der Waals surface area contributed by atoms with Gasteiger partial charge in [0.25, 0.3) is 0 Å². The third-order valence-corrected chi connectivity index (χ3v) is 8.59. The van der Waals surface area contributed by atoms with Crippen LogP contribution in [0.5, 0.6) is 5.75 Å². The van der Waals surface area contributed by atoms with Gasteiger partial charge in [0.2, 0.25) is 10.0 Å². The summed E-state index contributed by atoms with van der Waals surface area (Å²) in [4.78, 5) is 12.3. The summed E-state index contributed by atoms with van der Waals surface area (Å²) in [5, 5.41) is 9.38. The number of anilines is 1. The lowest BCUT2D eigenvalue weighted by molar-refractivity contribution is -0.151. The predicted molar refractivity (Wildman–Crippen MR) is 125 cm³/mol. The Kier molecular flexibility index (Phi) is 5.21. The predicted octanol–water partition coefficient (Wildman–Crippen LogP) is 5.06. The van der Waals surface area contributed by atoms with E-state index < -0.39 is 27.3 Å². The number of carbonyl (C=O) groups is 1. The first kappa shape index (κ1) is 22.2. The molecule has 0 radical (unpaired) electrons. The van der Waals surface area contributed by atoms with Crippen molar-refractivity contribution in [2.75, 3.05) is 11.3 Å². The molecule has 176 valence electrons. The molecule has 0 amide bonds. The minimum Gasteiger partial charge on any atom is -0.493 e. The second-order valence-electron chi connectivity index (χ2n) is 9.30. The molecule has 33 heavy (non-hydrogen) atoms. The van der Waals surface area contributed by atoms with Crippen molar-refractivity contribution in [1.29, 1.82) is 0 Å². The van der Waals surface area contributed by atoms with Crippen LogP contribution in [0.2, 0.25) is 0 Å². The van der Waals surface area contributed by atoms with Gasteiger partial charge in [-0.1, -0.05) is 13.5 Å². The standard InChI is InChI=1S/C24H25NO6S.CH4/c1-12-10-17-21(13-2-3-13)22(20(12)23(24(26)27)31-15-5-6-15)14-4-7-18-16(11-14)19(8-9-30-18)32(28,29)25-17;/h4,7,10-11,13,15,19,23,25H,2-3,5-6,8-9H2,1H3,(H,26,27);1H4. The first-order chi connectivity index (χ1) is 15.3. The van der Waals surface area contributed by atoms with Gasteiger partial charge in [0.1, 0.15) is 11.0 Å². The average molecular weight is 472 g/mol. The van der Waals surface area contributed by atoms with Crippen LogP contribution in [0.25, 0.3) is 11.1 Å². The molecule has 8 heteroatoms. The molecule has 2 atom stereocenters. The molecule has 2 heterocycles. The van der Waals surface area contributed by atoms with Crippen LogP contribution in [-0.4, -0.2) is 32.2 Å². The van der Waals surface area contributed by atoms with Crippen molar-refractivity contribution in [1.82, 2.24) is 0 Å². The molecule has 4 aliphatic rings. The van der Waals surface area contributed by atoms with Crippen molar-refractivity contribution < 1.29 is 27.8 Å². The van der Waals surface area contributed by atoms with E-state index in [1.54, 1.807) is 6.07 Å². The molecule has 2 unspecified atom stereocenters. The molecule has 4 bridgehead atoms. The van der Waals surface area contributed by atoms with Crippen LogP contribution in [0, 0.1) is 6.92 Å². The van der Waals surface area contributed by atoms with E-state index in [9.17, 15) is 18.3 Å². The number of ether oxygens (including phenoxy) is 2. The fourth-order valence-electron chi connectivity index (χ4n) is 5.09. The number of hydrogen-bond donors (Lipinski definition) is 2. The van der Waals surface area contributed by atoms with Gasteiger partial charge in [-0.3, -0.25) is 4.72 Å². The van der Waals surface area contributed by atoms with E-state index >= 15 is 0 Å². The van der Waals surface area contributed by atoms with Crippen molar-refractivity contribution in [3.63, 3.8) is 0 Å². The van der Waals surface area contributed by atoms with Crippen LogP contribution >= 0.6 is 0 Å². The van der Waals surface area contributed by atoms with Crippen molar-refractivity contribution in [3.8, 4) is 16.9 Å². The number of hydrogen-bond acceptors (Lipinski definition) is 5. The number of carboxylic acids is 1. The molecular weight excluding hydrogens is 442 g/mol.